The highest BCUT2D eigenvalue weighted by molar-refractivity contribution is 6.33. The van der Waals surface area contributed by atoms with E-state index in [1.807, 2.05) is 18.2 Å². The van der Waals surface area contributed by atoms with Crippen molar-refractivity contribution in [2.45, 2.75) is 26.8 Å². The number of nitriles is 1. The summed E-state index contributed by atoms with van der Waals surface area (Å²) in [5.74, 6) is 0.112. The Morgan fingerprint density at radius 3 is 2.61 bits per heavy atom. The van der Waals surface area contributed by atoms with Gasteiger partial charge in [0.05, 0.1) is 22.5 Å². The maximum absolute atomic E-state index is 13.0. The number of hydrogen-bond acceptors (Lipinski definition) is 8. The van der Waals surface area contributed by atoms with Crippen LogP contribution in [0, 0.1) is 17.2 Å². The highest BCUT2D eigenvalue weighted by atomic mass is 35.5. The van der Waals surface area contributed by atoms with Gasteiger partial charge in [-0.15, -0.1) is 0 Å². The molecule has 0 saturated carbocycles. The van der Waals surface area contributed by atoms with Crippen LogP contribution in [0.1, 0.15) is 42.0 Å². The molecule has 1 aromatic heterocycles. The number of halogens is 1. The van der Waals surface area contributed by atoms with Gasteiger partial charge in [-0.1, -0.05) is 31.5 Å². The average Bonchev–Trinajstić information content (AvgIpc) is 2.85. The van der Waals surface area contributed by atoms with Gasteiger partial charge in [0.15, 0.2) is 0 Å². The summed E-state index contributed by atoms with van der Waals surface area (Å²) in [6.45, 7) is 11.8. The van der Waals surface area contributed by atoms with Crippen LogP contribution in [0.25, 0.3) is 11.3 Å². The molecule has 10 heteroatoms. The minimum absolute atomic E-state index is 0.00878. The number of carbonyl (C=O) groups excluding carboxylic acids is 1. The van der Waals surface area contributed by atoms with Gasteiger partial charge in [-0.25, -0.2) is 15.4 Å². The number of amides is 1. The molecule has 9 nitrogen and oxygen atoms in total. The molecule has 0 atom stereocenters. The zero-order chi connectivity index (χ0) is 26.1. The fourth-order valence-corrected chi connectivity index (χ4v) is 4.33. The SMILES string of the molecule is CC(C)CNNC(=O)c1ccc(CN2CCN(CCCN(C)C)CC2)cc1-c1nc(C#N)ncc1Cl. The van der Waals surface area contributed by atoms with Gasteiger partial charge in [-0.05, 0) is 57.2 Å². The van der Waals surface area contributed by atoms with Crippen LogP contribution >= 0.6 is 11.6 Å². The maximum atomic E-state index is 13.0. The van der Waals surface area contributed by atoms with Crippen LogP contribution in [0.3, 0.4) is 0 Å². The summed E-state index contributed by atoms with van der Waals surface area (Å²) in [6.07, 6.45) is 2.58. The predicted octanol–water partition coefficient (Wildman–Crippen LogP) is 2.63. The summed E-state index contributed by atoms with van der Waals surface area (Å²) in [6, 6.07) is 7.69. The molecule has 1 saturated heterocycles. The van der Waals surface area contributed by atoms with E-state index in [0.717, 1.165) is 51.4 Å². The smallest absolute Gasteiger partial charge is 0.266 e. The van der Waals surface area contributed by atoms with Crippen molar-refractivity contribution in [1.29, 1.82) is 5.26 Å². The monoisotopic (exact) mass is 512 g/mol. The number of rotatable bonds is 11. The molecule has 2 N–H and O–H groups in total. The molecule has 2 aromatic rings. The van der Waals surface area contributed by atoms with E-state index in [4.69, 9.17) is 11.6 Å². The third kappa shape index (κ3) is 8.22. The molecule has 36 heavy (non-hydrogen) atoms. The quantitative estimate of drug-likeness (QED) is 0.443. The molecule has 1 aliphatic rings. The molecule has 2 heterocycles. The van der Waals surface area contributed by atoms with Crippen LogP contribution in [0.5, 0.6) is 0 Å². The second-order valence-electron chi connectivity index (χ2n) is 9.89. The van der Waals surface area contributed by atoms with Crippen LogP contribution < -0.4 is 10.9 Å². The summed E-state index contributed by atoms with van der Waals surface area (Å²) < 4.78 is 0. The minimum Gasteiger partial charge on any atom is -0.309 e. The third-order valence-corrected chi connectivity index (χ3v) is 6.37. The van der Waals surface area contributed by atoms with Crippen molar-refractivity contribution in [1.82, 2.24) is 35.5 Å². The largest absolute Gasteiger partial charge is 0.309 e. The van der Waals surface area contributed by atoms with E-state index >= 15 is 0 Å². The Bertz CT molecular complexity index is 1060. The van der Waals surface area contributed by atoms with Crippen molar-refractivity contribution < 1.29 is 4.79 Å². The number of benzene rings is 1. The van der Waals surface area contributed by atoms with Gasteiger partial charge in [-0.3, -0.25) is 15.1 Å². The van der Waals surface area contributed by atoms with E-state index in [1.54, 1.807) is 6.07 Å². The first-order valence-electron chi connectivity index (χ1n) is 12.5. The fourth-order valence-electron chi connectivity index (χ4n) is 4.14. The molecule has 1 aliphatic heterocycles. The summed E-state index contributed by atoms with van der Waals surface area (Å²) in [4.78, 5) is 28.4. The molecular formula is C26H37ClN8O. The first-order chi connectivity index (χ1) is 17.3. The van der Waals surface area contributed by atoms with Crippen molar-refractivity contribution in [3.05, 3.63) is 46.4 Å². The fraction of sp³-hybridized carbons (Fsp3) is 0.538. The van der Waals surface area contributed by atoms with E-state index in [-0.39, 0.29) is 11.7 Å². The molecule has 0 unspecified atom stereocenters. The van der Waals surface area contributed by atoms with E-state index in [9.17, 15) is 10.1 Å². The highest BCUT2D eigenvalue weighted by Gasteiger charge is 2.21. The molecule has 0 spiro atoms. The lowest BCUT2D eigenvalue weighted by molar-refractivity contribution is 0.0932. The van der Waals surface area contributed by atoms with Crippen molar-refractivity contribution in [2.24, 2.45) is 5.92 Å². The number of aromatic nitrogens is 2. The molecule has 0 bridgehead atoms. The molecule has 1 amide bonds. The van der Waals surface area contributed by atoms with Crippen molar-refractivity contribution >= 4 is 17.5 Å². The zero-order valence-corrected chi connectivity index (χ0v) is 22.5. The molecule has 194 valence electrons. The minimum atomic E-state index is -0.281. The highest BCUT2D eigenvalue weighted by Crippen LogP contribution is 2.30. The lowest BCUT2D eigenvalue weighted by Gasteiger charge is -2.35. The van der Waals surface area contributed by atoms with Crippen molar-refractivity contribution in [2.75, 3.05) is 59.9 Å². The van der Waals surface area contributed by atoms with Crippen molar-refractivity contribution in [3.8, 4) is 17.3 Å². The molecule has 0 aliphatic carbocycles. The van der Waals surface area contributed by atoms with E-state index < -0.39 is 0 Å². The Kier molecular flexibility index (Phi) is 10.6. The van der Waals surface area contributed by atoms with Gasteiger partial charge in [0.25, 0.3) is 5.91 Å². The van der Waals surface area contributed by atoms with Gasteiger partial charge in [-0.2, -0.15) is 5.26 Å². The zero-order valence-electron chi connectivity index (χ0n) is 21.7. The van der Waals surface area contributed by atoms with Gasteiger partial charge in [0.2, 0.25) is 5.82 Å². The maximum Gasteiger partial charge on any atom is 0.266 e. The predicted molar refractivity (Wildman–Crippen MR) is 142 cm³/mol. The average molecular weight is 513 g/mol. The number of piperazine rings is 1. The molecule has 0 radical (unpaired) electrons. The Hall–Kier alpha value is -2.61. The van der Waals surface area contributed by atoms with Crippen LogP contribution in [-0.4, -0.2) is 90.5 Å². The Balaban J connectivity index is 1.76. The molecule has 1 aromatic carbocycles. The van der Waals surface area contributed by atoms with Crippen LogP contribution in [0.2, 0.25) is 5.02 Å². The molecule has 3 rings (SSSR count). The second-order valence-corrected chi connectivity index (χ2v) is 10.3. The lowest BCUT2D eigenvalue weighted by atomic mass is 9.99. The Labute approximate surface area is 219 Å². The molecular weight excluding hydrogens is 476 g/mol. The Morgan fingerprint density at radius 1 is 1.22 bits per heavy atom. The first-order valence-corrected chi connectivity index (χ1v) is 12.8. The summed E-state index contributed by atoms with van der Waals surface area (Å²) in [7, 11) is 4.22. The Morgan fingerprint density at radius 2 is 1.94 bits per heavy atom. The number of nitrogens with one attached hydrogen (secondary N) is 2. The van der Waals surface area contributed by atoms with Gasteiger partial charge >= 0.3 is 0 Å². The van der Waals surface area contributed by atoms with Gasteiger partial charge < -0.3 is 9.80 Å². The number of nitrogens with zero attached hydrogens (tertiary/aromatic N) is 6. The number of hydrogen-bond donors (Lipinski definition) is 2. The standard InChI is InChI=1S/C26H37ClN8O/c1-19(2)16-30-32-26(36)21-7-6-20(14-22(21)25-23(27)17-29-24(15-28)31-25)18-35-12-10-34(11-13-35)9-5-8-33(3)4/h6-7,14,17,19,30H,5,8-13,16,18H2,1-4H3,(H,32,36). The summed E-state index contributed by atoms with van der Waals surface area (Å²) in [5, 5.41) is 9.59. The molecule has 1 fully saturated rings. The van der Waals surface area contributed by atoms with E-state index in [0.29, 0.717) is 34.3 Å². The second kappa shape index (κ2) is 13.6. The van der Waals surface area contributed by atoms with Gasteiger partial charge in [0, 0.05) is 44.8 Å². The number of carbonyl (C=O) groups is 1. The summed E-state index contributed by atoms with van der Waals surface area (Å²) in [5.41, 5.74) is 8.19. The van der Waals surface area contributed by atoms with Crippen LogP contribution in [0.15, 0.2) is 24.4 Å². The normalized spacial score (nSPS) is 14.8. The van der Waals surface area contributed by atoms with Gasteiger partial charge in [0.1, 0.15) is 6.07 Å². The first kappa shape index (κ1) is 28.0. The van der Waals surface area contributed by atoms with E-state index in [1.165, 1.54) is 12.6 Å². The summed E-state index contributed by atoms with van der Waals surface area (Å²) >= 11 is 6.43. The lowest BCUT2D eigenvalue weighted by Crippen LogP contribution is -2.46. The van der Waals surface area contributed by atoms with E-state index in [2.05, 4.69) is 63.5 Å². The number of hydrazine groups is 1. The topological polar surface area (TPSA) is 100 Å². The van der Waals surface area contributed by atoms with Crippen molar-refractivity contribution in [3.63, 3.8) is 0 Å². The third-order valence-electron chi connectivity index (χ3n) is 6.09. The van der Waals surface area contributed by atoms with Crippen LogP contribution in [-0.2, 0) is 6.54 Å². The van der Waals surface area contributed by atoms with Crippen LogP contribution in [0.4, 0.5) is 0 Å².